The molecule has 0 aromatic heterocycles. The van der Waals surface area contributed by atoms with Crippen LogP contribution in [0.3, 0.4) is 0 Å². The van der Waals surface area contributed by atoms with E-state index in [2.05, 4.69) is 12.2 Å². The number of nitrogens with one attached hydrogen (secondary N) is 1. The van der Waals surface area contributed by atoms with Gasteiger partial charge in [-0.15, -0.1) is 0 Å². The molecule has 0 aliphatic heterocycles. The first-order valence-electron chi connectivity index (χ1n) is 6.22. The molecule has 1 aromatic carbocycles. The molecule has 2 nitrogen and oxygen atoms in total. The molecule has 0 unspecified atom stereocenters. The zero-order chi connectivity index (χ0) is 13.5. The van der Waals surface area contributed by atoms with Gasteiger partial charge in [0.25, 0.3) is 0 Å². The Hall–Kier alpha value is -0.930. The summed E-state index contributed by atoms with van der Waals surface area (Å²) < 4.78 is 13.6. The van der Waals surface area contributed by atoms with Crippen LogP contribution < -0.4 is 5.32 Å². The van der Waals surface area contributed by atoms with E-state index in [1.165, 1.54) is 6.07 Å². The third-order valence-electron chi connectivity index (χ3n) is 2.96. The number of halogens is 2. The highest BCUT2D eigenvalue weighted by atomic mass is 35.5. The van der Waals surface area contributed by atoms with E-state index in [0.29, 0.717) is 31.0 Å². The van der Waals surface area contributed by atoms with Crippen molar-refractivity contribution in [3.8, 4) is 0 Å². The third kappa shape index (κ3) is 4.75. The first-order valence-corrected chi connectivity index (χ1v) is 6.60. The fraction of sp³-hybridized carbons (Fsp3) is 0.500. The molecule has 1 N–H and O–H groups in total. The molecule has 1 atom stereocenters. The molecule has 0 aliphatic rings. The van der Waals surface area contributed by atoms with Crippen LogP contribution in [-0.2, 0) is 11.2 Å². The summed E-state index contributed by atoms with van der Waals surface area (Å²) in [5, 5.41) is 3.23. The van der Waals surface area contributed by atoms with E-state index in [4.69, 9.17) is 11.6 Å². The van der Waals surface area contributed by atoms with Gasteiger partial charge in [0.15, 0.2) is 0 Å². The van der Waals surface area contributed by atoms with Gasteiger partial charge in [0.1, 0.15) is 11.6 Å². The molecular weight excluding hydrogens is 253 g/mol. The van der Waals surface area contributed by atoms with E-state index in [1.54, 1.807) is 12.1 Å². The second kappa shape index (κ2) is 7.49. The highest BCUT2D eigenvalue weighted by Crippen LogP contribution is 2.18. The van der Waals surface area contributed by atoms with Crippen molar-refractivity contribution >= 4 is 17.4 Å². The highest BCUT2D eigenvalue weighted by molar-refractivity contribution is 6.30. The SMILES string of the molecule is CC[C@@H](C)NCC(=O)CCc1cccc(Cl)c1F. The molecule has 4 heteroatoms. The number of aryl methyl sites for hydroxylation is 1. The predicted molar refractivity (Wildman–Crippen MR) is 72.5 cm³/mol. The topological polar surface area (TPSA) is 29.1 Å². The summed E-state index contributed by atoms with van der Waals surface area (Å²) in [6.45, 7) is 4.44. The minimum atomic E-state index is -0.415. The zero-order valence-corrected chi connectivity index (χ0v) is 11.6. The smallest absolute Gasteiger partial charge is 0.146 e. The predicted octanol–water partition coefficient (Wildman–Crippen LogP) is 3.37. The van der Waals surface area contributed by atoms with Crippen LogP contribution in [0.4, 0.5) is 4.39 Å². The minimum absolute atomic E-state index is 0.0923. The molecular formula is C14H19ClFNO. The number of Topliss-reactive ketones (excluding diaryl/α,β-unsaturated/α-hetero) is 1. The lowest BCUT2D eigenvalue weighted by Gasteiger charge is -2.10. The Labute approximate surface area is 113 Å². The van der Waals surface area contributed by atoms with Crippen LogP contribution in [0.25, 0.3) is 0 Å². The molecule has 18 heavy (non-hydrogen) atoms. The van der Waals surface area contributed by atoms with Crippen LogP contribution in [-0.4, -0.2) is 18.4 Å². The molecule has 0 heterocycles. The van der Waals surface area contributed by atoms with Gasteiger partial charge in [0.05, 0.1) is 11.6 Å². The fourth-order valence-corrected chi connectivity index (χ4v) is 1.73. The Balaban J connectivity index is 2.41. The second-order valence-electron chi connectivity index (χ2n) is 4.44. The van der Waals surface area contributed by atoms with Gasteiger partial charge < -0.3 is 5.32 Å². The molecule has 0 fully saturated rings. The first kappa shape index (κ1) is 15.1. The van der Waals surface area contributed by atoms with Crippen molar-refractivity contribution in [3.05, 3.63) is 34.6 Å². The van der Waals surface area contributed by atoms with Gasteiger partial charge in [-0.25, -0.2) is 4.39 Å². The van der Waals surface area contributed by atoms with Gasteiger partial charge in [-0.1, -0.05) is 30.7 Å². The summed E-state index contributed by atoms with van der Waals surface area (Å²) in [6.07, 6.45) is 1.71. The largest absolute Gasteiger partial charge is 0.308 e. The average molecular weight is 272 g/mol. The van der Waals surface area contributed by atoms with E-state index < -0.39 is 5.82 Å². The summed E-state index contributed by atoms with van der Waals surface area (Å²) in [4.78, 5) is 11.6. The molecule has 0 spiro atoms. The quantitative estimate of drug-likeness (QED) is 0.824. The summed E-state index contributed by atoms with van der Waals surface area (Å²) in [6, 6.07) is 5.20. The zero-order valence-electron chi connectivity index (χ0n) is 10.8. The van der Waals surface area contributed by atoms with Crippen LogP contribution in [0, 0.1) is 5.82 Å². The average Bonchev–Trinajstić information content (AvgIpc) is 2.37. The molecule has 0 radical (unpaired) electrons. The van der Waals surface area contributed by atoms with Crippen LogP contribution >= 0.6 is 11.6 Å². The molecule has 1 rings (SSSR count). The molecule has 1 aromatic rings. The van der Waals surface area contributed by atoms with E-state index >= 15 is 0 Å². The molecule has 0 bridgehead atoms. The minimum Gasteiger partial charge on any atom is -0.308 e. The second-order valence-corrected chi connectivity index (χ2v) is 4.85. The van der Waals surface area contributed by atoms with E-state index in [-0.39, 0.29) is 10.8 Å². The van der Waals surface area contributed by atoms with Crippen molar-refractivity contribution in [2.75, 3.05) is 6.54 Å². The monoisotopic (exact) mass is 271 g/mol. The molecule has 0 amide bonds. The van der Waals surface area contributed by atoms with Gasteiger partial charge >= 0.3 is 0 Å². The van der Waals surface area contributed by atoms with Gasteiger partial charge in [0, 0.05) is 12.5 Å². The third-order valence-corrected chi connectivity index (χ3v) is 3.26. The van der Waals surface area contributed by atoms with E-state index in [0.717, 1.165) is 6.42 Å². The Morgan fingerprint density at radius 3 is 2.89 bits per heavy atom. The summed E-state index contributed by atoms with van der Waals surface area (Å²) in [7, 11) is 0. The van der Waals surface area contributed by atoms with Crippen molar-refractivity contribution in [1.82, 2.24) is 5.32 Å². The van der Waals surface area contributed by atoms with Crippen LogP contribution in [0.2, 0.25) is 5.02 Å². The lowest BCUT2D eigenvalue weighted by molar-refractivity contribution is -0.118. The Kier molecular flexibility index (Phi) is 6.30. The molecule has 0 saturated carbocycles. The number of carbonyl (C=O) groups excluding carboxylic acids is 1. The Morgan fingerprint density at radius 1 is 1.50 bits per heavy atom. The lowest BCUT2D eigenvalue weighted by atomic mass is 10.1. The van der Waals surface area contributed by atoms with Crippen LogP contribution in [0.1, 0.15) is 32.3 Å². The standard InChI is InChI=1S/C14H19ClFNO/c1-3-10(2)17-9-12(18)8-7-11-5-4-6-13(15)14(11)16/h4-6,10,17H,3,7-9H2,1-2H3/t10-/m1/s1. The molecule has 0 saturated heterocycles. The van der Waals surface area contributed by atoms with Crippen molar-refractivity contribution in [2.45, 2.75) is 39.2 Å². The number of hydrogen-bond donors (Lipinski definition) is 1. The number of benzene rings is 1. The van der Waals surface area contributed by atoms with Gasteiger partial charge in [-0.05, 0) is 31.4 Å². The number of rotatable bonds is 7. The summed E-state index contributed by atoms with van der Waals surface area (Å²) in [5.74, 6) is -0.323. The summed E-state index contributed by atoms with van der Waals surface area (Å²) >= 11 is 5.68. The van der Waals surface area contributed by atoms with Gasteiger partial charge in [-0.2, -0.15) is 0 Å². The number of carbonyl (C=O) groups is 1. The maximum Gasteiger partial charge on any atom is 0.146 e. The highest BCUT2D eigenvalue weighted by Gasteiger charge is 2.09. The lowest BCUT2D eigenvalue weighted by Crippen LogP contribution is -2.31. The Morgan fingerprint density at radius 2 is 2.22 bits per heavy atom. The van der Waals surface area contributed by atoms with Gasteiger partial charge in [0.2, 0.25) is 0 Å². The first-order chi connectivity index (χ1) is 8.54. The summed E-state index contributed by atoms with van der Waals surface area (Å²) in [5.41, 5.74) is 0.499. The number of ketones is 1. The van der Waals surface area contributed by atoms with Crippen LogP contribution in [0.15, 0.2) is 18.2 Å². The van der Waals surface area contributed by atoms with E-state index in [1.807, 2.05) is 6.92 Å². The van der Waals surface area contributed by atoms with Crippen molar-refractivity contribution in [3.63, 3.8) is 0 Å². The van der Waals surface area contributed by atoms with Crippen LogP contribution in [0.5, 0.6) is 0 Å². The fourth-order valence-electron chi connectivity index (χ4n) is 1.54. The maximum absolute atomic E-state index is 13.6. The normalized spacial score (nSPS) is 12.4. The number of hydrogen-bond acceptors (Lipinski definition) is 2. The van der Waals surface area contributed by atoms with Crippen molar-refractivity contribution in [2.24, 2.45) is 0 Å². The van der Waals surface area contributed by atoms with E-state index in [9.17, 15) is 9.18 Å². The molecule has 100 valence electrons. The van der Waals surface area contributed by atoms with Crippen molar-refractivity contribution < 1.29 is 9.18 Å². The Bertz CT molecular complexity index is 409. The molecule has 0 aliphatic carbocycles. The van der Waals surface area contributed by atoms with Gasteiger partial charge in [-0.3, -0.25) is 4.79 Å². The maximum atomic E-state index is 13.6. The van der Waals surface area contributed by atoms with Crippen molar-refractivity contribution in [1.29, 1.82) is 0 Å².